The molecule has 3 rings (SSSR count). The van der Waals surface area contributed by atoms with Crippen molar-refractivity contribution in [3.8, 4) is 0 Å². The summed E-state index contributed by atoms with van der Waals surface area (Å²) in [5, 5.41) is 1.06. The van der Waals surface area contributed by atoms with Gasteiger partial charge in [0.25, 0.3) is 0 Å². The van der Waals surface area contributed by atoms with Crippen molar-refractivity contribution < 1.29 is 0 Å². The molecule has 0 fully saturated rings. The SMILES string of the molecule is c1cc2nc3ccncc3cn2c1. The molecule has 0 amide bonds. The monoisotopic (exact) mass is 169 g/mol. The van der Waals surface area contributed by atoms with Gasteiger partial charge in [-0.15, -0.1) is 0 Å². The van der Waals surface area contributed by atoms with Crippen LogP contribution in [0.15, 0.2) is 43.0 Å². The van der Waals surface area contributed by atoms with Crippen molar-refractivity contribution in [1.29, 1.82) is 0 Å². The normalized spacial score (nSPS) is 11.1. The number of fused-ring (bicyclic) bond motifs is 2. The van der Waals surface area contributed by atoms with Gasteiger partial charge in [-0.1, -0.05) is 0 Å². The summed E-state index contributed by atoms with van der Waals surface area (Å²) in [6.07, 6.45) is 7.59. The van der Waals surface area contributed by atoms with E-state index >= 15 is 0 Å². The second-order valence-corrected chi connectivity index (χ2v) is 2.95. The van der Waals surface area contributed by atoms with Crippen LogP contribution < -0.4 is 0 Å². The second kappa shape index (κ2) is 2.29. The first-order valence-electron chi connectivity index (χ1n) is 4.11. The number of hydrogen-bond donors (Lipinski definition) is 0. The van der Waals surface area contributed by atoms with Crippen LogP contribution in [0.4, 0.5) is 0 Å². The third-order valence-electron chi connectivity index (χ3n) is 2.10. The molecule has 0 aliphatic carbocycles. The van der Waals surface area contributed by atoms with Crippen LogP contribution in [0.2, 0.25) is 0 Å². The van der Waals surface area contributed by atoms with Crippen molar-refractivity contribution in [3.05, 3.63) is 43.0 Å². The molecule has 3 heterocycles. The molecule has 0 unspecified atom stereocenters. The van der Waals surface area contributed by atoms with Crippen LogP contribution in [0, 0.1) is 0 Å². The molecule has 0 saturated heterocycles. The molecule has 3 heteroatoms. The van der Waals surface area contributed by atoms with E-state index in [1.165, 1.54) is 0 Å². The Bertz CT molecular complexity index is 519. The average molecular weight is 169 g/mol. The molecular weight excluding hydrogens is 162 g/mol. The third-order valence-corrected chi connectivity index (χ3v) is 2.10. The third kappa shape index (κ3) is 0.902. The molecule has 0 saturated carbocycles. The summed E-state index contributed by atoms with van der Waals surface area (Å²) in [6.45, 7) is 0. The molecule has 62 valence electrons. The van der Waals surface area contributed by atoms with E-state index in [-0.39, 0.29) is 0 Å². The standard InChI is InChI=1S/C10H7N3/c1-2-10-12-9-3-4-11-6-8(9)7-13(10)5-1/h1-7H. The Morgan fingerprint density at radius 2 is 2.23 bits per heavy atom. The Morgan fingerprint density at radius 3 is 3.23 bits per heavy atom. The molecular formula is C10H7N3. The van der Waals surface area contributed by atoms with Crippen molar-refractivity contribution in [2.75, 3.05) is 0 Å². The van der Waals surface area contributed by atoms with E-state index in [1.54, 1.807) is 6.20 Å². The number of nitrogens with zero attached hydrogens (tertiary/aromatic N) is 3. The van der Waals surface area contributed by atoms with Gasteiger partial charge in [0, 0.05) is 30.2 Å². The Kier molecular flexibility index (Phi) is 1.16. The van der Waals surface area contributed by atoms with Gasteiger partial charge in [0.2, 0.25) is 0 Å². The number of hydrogen-bond acceptors (Lipinski definition) is 2. The maximum atomic E-state index is 4.46. The van der Waals surface area contributed by atoms with Crippen molar-refractivity contribution in [1.82, 2.24) is 14.4 Å². The molecule has 3 aromatic heterocycles. The lowest BCUT2D eigenvalue weighted by atomic mass is 10.3. The highest BCUT2D eigenvalue weighted by Gasteiger charge is 1.96. The van der Waals surface area contributed by atoms with Crippen LogP contribution in [0.5, 0.6) is 0 Å². The molecule has 0 aromatic carbocycles. The molecule has 3 nitrogen and oxygen atoms in total. The predicted octanol–water partition coefficient (Wildman–Crippen LogP) is 1.88. The summed E-state index contributed by atoms with van der Waals surface area (Å²) in [7, 11) is 0. The number of rotatable bonds is 0. The second-order valence-electron chi connectivity index (χ2n) is 2.95. The smallest absolute Gasteiger partial charge is 0.137 e. The van der Waals surface area contributed by atoms with Crippen LogP contribution in [0.3, 0.4) is 0 Å². The van der Waals surface area contributed by atoms with E-state index in [0.717, 1.165) is 16.6 Å². The van der Waals surface area contributed by atoms with Gasteiger partial charge in [-0.25, -0.2) is 4.98 Å². The highest BCUT2D eigenvalue weighted by molar-refractivity contribution is 5.78. The van der Waals surface area contributed by atoms with Crippen molar-refractivity contribution >= 4 is 16.6 Å². The zero-order valence-electron chi connectivity index (χ0n) is 6.88. The first-order valence-corrected chi connectivity index (χ1v) is 4.11. The Hall–Kier alpha value is -1.90. The van der Waals surface area contributed by atoms with Gasteiger partial charge in [-0.3, -0.25) is 4.98 Å². The largest absolute Gasteiger partial charge is 0.308 e. The molecule has 0 atom stereocenters. The fourth-order valence-electron chi connectivity index (χ4n) is 1.46. The highest BCUT2D eigenvalue weighted by atomic mass is 15.0. The molecule has 0 spiro atoms. The maximum absolute atomic E-state index is 4.46. The summed E-state index contributed by atoms with van der Waals surface area (Å²) < 4.78 is 1.99. The van der Waals surface area contributed by atoms with Crippen molar-refractivity contribution in [2.24, 2.45) is 0 Å². The minimum absolute atomic E-state index is 0.971. The maximum Gasteiger partial charge on any atom is 0.137 e. The zero-order valence-corrected chi connectivity index (χ0v) is 6.88. The molecule has 0 bridgehead atoms. The van der Waals surface area contributed by atoms with E-state index < -0.39 is 0 Å². The zero-order chi connectivity index (χ0) is 8.67. The fraction of sp³-hybridized carbons (Fsp3) is 0. The van der Waals surface area contributed by atoms with Gasteiger partial charge in [0.1, 0.15) is 5.65 Å². The summed E-state index contributed by atoms with van der Waals surface area (Å²) >= 11 is 0. The van der Waals surface area contributed by atoms with Crippen LogP contribution in [-0.2, 0) is 0 Å². The minimum Gasteiger partial charge on any atom is -0.308 e. The first kappa shape index (κ1) is 6.60. The van der Waals surface area contributed by atoms with Gasteiger partial charge in [-0.05, 0) is 18.2 Å². The van der Waals surface area contributed by atoms with Crippen molar-refractivity contribution in [2.45, 2.75) is 0 Å². The van der Waals surface area contributed by atoms with Crippen LogP contribution in [0.1, 0.15) is 0 Å². The summed E-state index contributed by atoms with van der Waals surface area (Å²) in [4.78, 5) is 8.51. The lowest BCUT2D eigenvalue weighted by Crippen LogP contribution is -1.87. The Balaban J connectivity index is 2.57. The van der Waals surface area contributed by atoms with E-state index in [9.17, 15) is 0 Å². The van der Waals surface area contributed by atoms with Gasteiger partial charge in [0.05, 0.1) is 5.52 Å². The van der Waals surface area contributed by atoms with E-state index in [1.807, 2.05) is 41.2 Å². The fourth-order valence-corrected chi connectivity index (χ4v) is 1.46. The average Bonchev–Trinajstić information content (AvgIpc) is 2.61. The van der Waals surface area contributed by atoms with Crippen LogP contribution in [-0.4, -0.2) is 14.4 Å². The molecule has 0 aliphatic rings. The lowest BCUT2D eigenvalue weighted by molar-refractivity contribution is 1.16. The van der Waals surface area contributed by atoms with Gasteiger partial charge < -0.3 is 4.40 Å². The molecule has 13 heavy (non-hydrogen) atoms. The van der Waals surface area contributed by atoms with Crippen LogP contribution in [0.25, 0.3) is 16.6 Å². The van der Waals surface area contributed by atoms with E-state index in [0.29, 0.717) is 0 Å². The van der Waals surface area contributed by atoms with Gasteiger partial charge in [0.15, 0.2) is 0 Å². The van der Waals surface area contributed by atoms with Crippen LogP contribution >= 0.6 is 0 Å². The van der Waals surface area contributed by atoms with Crippen molar-refractivity contribution in [3.63, 3.8) is 0 Å². The van der Waals surface area contributed by atoms with Gasteiger partial charge in [-0.2, -0.15) is 0 Å². The van der Waals surface area contributed by atoms with E-state index in [4.69, 9.17) is 0 Å². The summed E-state index contributed by atoms with van der Waals surface area (Å²) in [5.41, 5.74) is 1.96. The quantitative estimate of drug-likeness (QED) is 0.514. The molecule has 0 radical (unpaired) electrons. The summed E-state index contributed by atoms with van der Waals surface area (Å²) in [6, 6.07) is 5.89. The van der Waals surface area contributed by atoms with Gasteiger partial charge >= 0.3 is 0 Å². The molecule has 0 N–H and O–H groups in total. The Labute approximate surface area is 74.7 Å². The molecule has 0 aliphatic heterocycles. The molecule has 3 aromatic rings. The number of pyridine rings is 1. The van der Waals surface area contributed by atoms with E-state index in [2.05, 4.69) is 9.97 Å². The lowest BCUT2D eigenvalue weighted by Gasteiger charge is -1.97. The summed E-state index contributed by atoms with van der Waals surface area (Å²) in [5.74, 6) is 0. The highest BCUT2D eigenvalue weighted by Crippen LogP contribution is 2.11. The number of aromatic nitrogens is 3. The topological polar surface area (TPSA) is 30.2 Å². The Morgan fingerprint density at radius 1 is 1.23 bits per heavy atom. The minimum atomic E-state index is 0.971. The predicted molar refractivity (Wildman–Crippen MR) is 50.5 cm³/mol. The first-order chi connectivity index (χ1) is 6.43.